The summed E-state index contributed by atoms with van der Waals surface area (Å²) >= 11 is 0. The fourth-order valence-electron chi connectivity index (χ4n) is 2.80. The topological polar surface area (TPSA) is 67.8 Å². The molecule has 1 aliphatic rings. The fraction of sp³-hybridized carbons (Fsp3) is 0.938. The maximum Gasteiger partial charge on any atom is 0.407 e. The molecule has 5 nitrogen and oxygen atoms in total. The molecule has 1 aliphatic carbocycles. The van der Waals surface area contributed by atoms with Crippen LogP contribution in [-0.4, -0.2) is 42.7 Å². The zero-order valence-electron chi connectivity index (χ0n) is 13.7. The smallest absolute Gasteiger partial charge is 0.407 e. The van der Waals surface area contributed by atoms with Crippen LogP contribution in [0.2, 0.25) is 0 Å². The minimum Gasteiger partial charge on any atom is -0.444 e. The first-order chi connectivity index (χ1) is 9.92. The van der Waals surface area contributed by atoms with Gasteiger partial charge in [0.05, 0.1) is 19.3 Å². The van der Waals surface area contributed by atoms with E-state index in [1.54, 1.807) is 0 Å². The van der Waals surface area contributed by atoms with Gasteiger partial charge in [0.15, 0.2) is 0 Å². The zero-order chi connectivity index (χ0) is 15.7. The number of hydrogen-bond acceptors (Lipinski definition) is 4. The van der Waals surface area contributed by atoms with Crippen molar-refractivity contribution >= 4 is 6.09 Å². The summed E-state index contributed by atoms with van der Waals surface area (Å²) in [5.41, 5.74) is -0.448. The molecule has 0 aliphatic heterocycles. The van der Waals surface area contributed by atoms with Crippen LogP contribution >= 0.6 is 0 Å². The SMILES string of the molecule is CC(C)(C)OC(=O)NCCC[C@H]1CCCC[C@H]1OCCO. The Morgan fingerprint density at radius 3 is 2.67 bits per heavy atom. The number of carbonyl (C=O) groups is 1. The predicted molar refractivity (Wildman–Crippen MR) is 82.3 cm³/mol. The first kappa shape index (κ1) is 18.2. The van der Waals surface area contributed by atoms with Gasteiger partial charge in [0.1, 0.15) is 5.60 Å². The average molecular weight is 301 g/mol. The number of carbonyl (C=O) groups excluding carboxylic acids is 1. The monoisotopic (exact) mass is 301 g/mol. The van der Waals surface area contributed by atoms with E-state index in [4.69, 9.17) is 14.6 Å². The molecule has 1 saturated carbocycles. The molecule has 2 atom stereocenters. The number of aliphatic hydroxyl groups is 1. The van der Waals surface area contributed by atoms with Gasteiger partial charge in [-0.1, -0.05) is 12.8 Å². The second-order valence-electron chi connectivity index (χ2n) is 6.75. The maximum atomic E-state index is 11.5. The summed E-state index contributed by atoms with van der Waals surface area (Å²) in [7, 11) is 0. The van der Waals surface area contributed by atoms with Crippen LogP contribution in [-0.2, 0) is 9.47 Å². The number of amides is 1. The molecular weight excluding hydrogens is 270 g/mol. The van der Waals surface area contributed by atoms with Gasteiger partial charge < -0.3 is 19.9 Å². The second kappa shape index (κ2) is 9.26. The molecule has 0 aromatic heterocycles. The Morgan fingerprint density at radius 1 is 1.29 bits per heavy atom. The number of rotatable bonds is 7. The lowest BCUT2D eigenvalue weighted by Gasteiger charge is -2.31. The lowest BCUT2D eigenvalue weighted by Crippen LogP contribution is -2.34. The van der Waals surface area contributed by atoms with E-state index in [1.165, 1.54) is 19.3 Å². The van der Waals surface area contributed by atoms with Crippen molar-refractivity contribution in [3.05, 3.63) is 0 Å². The summed E-state index contributed by atoms with van der Waals surface area (Å²) in [4.78, 5) is 11.5. The van der Waals surface area contributed by atoms with Gasteiger partial charge in [-0.05, 0) is 52.4 Å². The van der Waals surface area contributed by atoms with Gasteiger partial charge in [0.2, 0.25) is 0 Å². The van der Waals surface area contributed by atoms with Crippen LogP contribution in [0.1, 0.15) is 59.3 Å². The van der Waals surface area contributed by atoms with Gasteiger partial charge in [0.25, 0.3) is 0 Å². The van der Waals surface area contributed by atoms with Crippen molar-refractivity contribution in [1.29, 1.82) is 0 Å². The average Bonchev–Trinajstić information content (AvgIpc) is 2.40. The molecule has 0 aromatic rings. The zero-order valence-corrected chi connectivity index (χ0v) is 13.7. The lowest BCUT2D eigenvalue weighted by molar-refractivity contribution is -0.0276. The van der Waals surface area contributed by atoms with E-state index in [1.807, 2.05) is 20.8 Å². The lowest BCUT2D eigenvalue weighted by atomic mass is 9.83. The third kappa shape index (κ3) is 8.27. The highest BCUT2D eigenvalue weighted by molar-refractivity contribution is 5.67. The van der Waals surface area contributed by atoms with Crippen LogP contribution < -0.4 is 5.32 Å². The Morgan fingerprint density at radius 2 is 2.00 bits per heavy atom. The number of hydrogen-bond donors (Lipinski definition) is 2. The summed E-state index contributed by atoms with van der Waals surface area (Å²) in [5, 5.41) is 11.7. The van der Waals surface area contributed by atoms with Gasteiger partial charge in [-0.15, -0.1) is 0 Å². The van der Waals surface area contributed by atoms with Gasteiger partial charge in [-0.3, -0.25) is 0 Å². The van der Waals surface area contributed by atoms with Crippen molar-refractivity contribution in [3.63, 3.8) is 0 Å². The Balaban J connectivity index is 2.19. The Bertz CT molecular complexity index is 301. The highest BCUT2D eigenvalue weighted by Gasteiger charge is 2.25. The maximum absolute atomic E-state index is 11.5. The van der Waals surface area contributed by atoms with Crippen molar-refractivity contribution in [2.24, 2.45) is 5.92 Å². The number of aliphatic hydroxyl groups excluding tert-OH is 1. The Labute approximate surface area is 128 Å². The standard InChI is InChI=1S/C16H31NO4/c1-16(2,3)21-15(19)17-10-6-8-13-7-4-5-9-14(13)20-12-11-18/h13-14,18H,4-12H2,1-3H3,(H,17,19)/t13-,14-/m1/s1. The van der Waals surface area contributed by atoms with Gasteiger partial charge in [-0.2, -0.15) is 0 Å². The predicted octanol–water partition coefficient (Wildman–Crippen LogP) is 2.86. The van der Waals surface area contributed by atoms with Gasteiger partial charge in [-0.25, -0.2) is 4.79 Å². The molecule has 1 rings (SSSR count). The second-order valence-corrected chi connectivity index (χ2v) is 6.75. The minimum atomic E-state index is -0.448. The van der Waals surface area contributed by atoms with Crippen molar-refractivity contribution < 1.29 is 19.4 Å². The quantitative estimate of drug-likeness (QED) is 0.710. The Kier molecular flexibility index (Phi) is 8.04. The summed E-state index contributed by atoms with van der Waals surface area (Å²) < 4.78 is 10.9. The molecule has 1 fully saturated rings. The van der Waals surface area contributed by atoms with E-state index < -0.39 is 5.60 Å². The molecular formula is C16H31NO4. The molecule has 0 saturated heterocycles. The van der Waals surface area contributed by atoms with Crippen LogP contribution in [0.25, 0.3) is 0 Å². The molecule has 21 heavy (non-hydrogen) atoms. The Hall–Kier alpha value is -0.810. The third-order valence-electron chi connectivity index (χ3n) is 3.68. The van der Waals surface area contributed by atoms with E-state index in [-0.39, 0.29) is 18.8 Å². The minimum absolute atomic E-state index is 0.0867. The molecule has 1 amide bonds. The van der Waals surface area contributed by atoms with Crippen LogP contribution in [0.15, 0.2) is 0 Å². The van der Waals surface area contributed by atoms with E-state index >= 15 is 0 Å². The van der Waals surface area contributed by atoms with E-state index in [9.17, 15) is 4.79 Å². The van der Waals surface area contributed by atoms with E-state index in [0.29, 0.717) is 19.1 Å². The molecule has 0 spiro atoms. The molecule has 0 radical (unpaired) electrons. The first-order valence-electron chi connectivity index (χ1n) is 8.11. The van der Waals surface area contributed by atoms with E-state index in [0.717, 1.165) is 19.3 Å². The first-order valence-corrected chi connectivity index (χ1v) is 8.11. The van der Waals surface area contributed by atoms with Crippen molar-refractivity contribution in [2.45, 2.75) is 71.0 Å². The summed E-state index contributed by atoms with van der Waals surface area (Å²) in [6.45, 7) is 6.73. The van der Waals surface area contributed by atoms with Crippen molar-refractivity contribution in [3.8, 4) is 0 Å². The summed E-state index contributed by atoms with van der Waals surface area (Å²) in [6, 6.07) is 0. The van der Waals surface area contributed by atoms with Crippen molar-refractivity contribution in [1.82, 2.24) is 5.32 Å². The summed E-state index contributed by atoms with van der Waals surface area (Å²) in [5.74, 6) is 0.547. The summed E-state index contributed by atoms with van der Waals surface area (Å²) in [6.07, 6.45) is 6.64. The molecule has 2 N–H and O–H groups in total. The molecule has 124 valence electrons. The largest absolute Gasteiger partial charge is 0.444 e. The van der Waals surface area contributed by atoms with Crippen LogP contribution in [0.4, 0.5) is 4.79 Å². The molecule has 0 bridgehead atoms. The van der Waals surface area contributed by atoms with Crippen LogP contribution in [0.5, 0.6) is 0 Å². The fourth-order valence-corrected chi connectivity index (χ4v) is 2.80. The normalized spacial score (nSPS) is 22.9. The van der Waals surface area contributed by atoms with Gasteiger partial charge in [0, 0.05) is 6.54 Å². The highest BCUT2D eigenvalue weighted by atomic mass is 16.6. The van der Waals surface area contributed by atoms with Gasteiger partial charge >= 0.3 is 6.09 Å². The van der Waals surface area contributed by atoms with Crippen LogP contribution in [0.3, 0.4) is 0 Å². The number of ether oxygens (including phenoxy) is 2. The third-order valence-corrected chi connectivity index (χ3v) is 3.68. The highest BCUT2D eigenvalue weighted by Crippen LogP contribution is 2.30. The van der Waals surface area contributed by atoms with Crippen molar-refractivity contribution in [2.75, 3.05) is 19.8 Å². The molecule has 0 unspecified atom stereocenters. The molecule has 0 heterocycles. The number of nitrogens with one attached hydrogen (secondary N) is 1. The molecule has 5 heteroatoms. The van der Waals surface area contributed by atoms with Crippen LogP contribution in [0, 0.1) is 5.92 Å². The number of alkyl carbamates (subject to hydrolysis) is 1. The molecule has 0 aromatic carbocycles. The van der Waals surface area contributed by atoms with E-state index in [2.05, 4.69) is 5.32 Å².